The number of nitrogen functional groups attached to an aromatic ring is 2. The molecule has 0 atom stereocenters. The molecule has 8 heteroatoms. The zero-order valence-electron chi connectivity index (χ0n) is 9.73. The lowest BCUT2D eigenvalue weighted by molar-refractivity contribution is 1.68. The third-order valence-corrected chi connectivity index (χ3v) is 3.98. The van der Waals surface area contributed by atoms with E-state index in [2.05, 4.69) is 0 Å². The van der Waals surface area contributed by atoms with Gasteiger partial charge >= 0.3 is 0 Å². The fourth-order valence-electron chi connectivity index (χ4n) is 1.09. The van der Waals surface area contributed by atoms with E-state index in [1.165, 1.54) is 12.1 Å². The van der Waals surface area contributed by atoms with Crippen LogP contribution in [0, 0.1) is 0 Å². The molecule has 0 radical (unpaired) electrons. The second kappa shape index (κ2) is 7.69. The van der Waals surface area contributed by atoms with Crippen LogP contribution >= 0.6 is 69.6 Å². The van der Waals surface area contributed by atoms with Crippen molar-refractivity contribution in [1.29, 1.82) is 0 Å². The summed E-state index contributed by atoms with van der Waals surface area (Å²) in [4.78, 5) is 0. The molecule has 20 heavy (non-hydrogen) atoms. The minimum atomic E-state index is 0.368. The quantitative estimate of drug-likeness (QED) is 0.399. The number of rotatable bonds is 0. The maximum absolute atomic E-state index is 5.63. The van der Waals surface area contributed by atoms with E-state index in [4.69, 9.17) is 81.1 Å². The Labute approximate surface area is 146 Å². The number of hydrogen-bond acceptors (Lipinski definition) is 2. The van der Waals surface area contributed by atoms with Crippen LogP contribution in [-0.2, 0) is 0 Å². The number of hydrogen-bond donors (Lipinski definition) is 2. The first-order valence-corrected chi connectivity index (χ1v) is 7.29. The lowest BCUT2D eigenvalue weighted by Gasteiger charge is -1.99. The highest BCUT2D eigenvalue weighted by Gasteiger charge is 2.02. The van der Waals surface area contributed by atoms with Gasteiger partial charge in [0.05, 0.1) is 36.5 Å². The molecule has 0 unspecified atom stereocenters. The van der Waals surface area contributed by atoms with E-state index in [0.29, 0.717) is 41.5 Å². The van der Waals surface area contributed by atoms with Crippen molar-refractivity contribution >= 4 is 81.0 Å². The zero-order valence-corrected chi connectivity index (χ0v) is 14.3. The first-order chi connectivity index (χ1) is 9.22. The normalized spacial score (nSPS) is 9.90. The minimum absolute atomic E-state index is 0.368. The SMILES string of the molecule is Nc1c(Cl)cc(Cl)cc1Cl.Nc1cc(Cl)c(Cl)cc1Cl. The van der Waals surface area contributed by atoms with E-state index < -0.39 is 0 Å². The molecular formula is C12H8Cl6N2. The largest absolute Gasteiger partial charge is 0.397 e. The summed E-state index contributed by atoms with van der Waals surface area (Å²) in [6.07, 6.45) is 0. The number of halogens is 6. The Bertz CT molecular complexity index is 556. The molecule has 2 nitrogen and oxygen atoms in total. The Kier molecular flexibility index (Phi) is 6.86. The van der Waals surface area contributed by atoms with Crippen molar-refractivity contribution in [1.82, 2.24) is 0 Å². The van der Waals surface area contributed by atoms with Crippen LogP contribution in [0.2, 0.25) is 30.1 Å². The van der Waals surface area contributed by atoms with Crippen LogP contribution in [0.3, 0.4) is 0 Å². The molecule has 4 N–H and O–H groups in total. The van der Waals surface area contributed by atoms with E-state index in [-0.39, 0.29) is 0 Å². The van der Waals surface area contributed by atoms with Crippen molar-refractivity contribution in [2.45, 2.75) is 0 Å². The zero-order chi connectivity index (χ0) is 15.4. The van der Waals surface area contributed by atoms with Gasteiger partial charge in [0, 0.05) is 5.02 Å². The van der Waals surface area contributed by atoms with E-state index in [0.717, 1.165) is 0 Å². The van der Waals surface area contributed by atoms with E-state index in [1.54, 1.807) is 12.1 Å². The standard InChI is InChI=1S/2C6H4Cl3N/c7-3-1-5(9)6(10)2-4(3)8;7-3-1-4(8)6(10)5(9)2-3/h2*1-2H,10H2. The van der Waals surface area contributed by atoms with Gasteiger partial charge in [-0.05, 0) is 24.3 Å². The van der Waals surface area contributed by atoms with Gasteiger partial charge < -0.3 is 11.5 Å². The number of nitrogens with two attached hydrogens (primary N) is 2. The third-order valence-electron chi connectivity index (χ3n) is 2.08. The molecule has 0 heterocycles. The summed E-state index contributed by atoms with van der Waals surface area (Å²) in [6, 6.07) is 6.13. The van der Waals surface area contributed by atoms with Crippen molar-refractivity contribution in [3.8, 4) is 0 Å². The highest BCUT2D eigenvalue weighted by Crippen LogP contribution is 2.31. The average molecular weight is 393 g/mol. The molecule has 0 amide bonds. The fourth-order valence-corrected chi connectivity index (χ4v) is 2.46. The van der Waals surface area contributed by atoms with Crippen LogP contribution in [0.15, 0.2) is 24.3 Å². The predicted octanol–water partition coefficient (Wildman–Crippen LogP) is 6.46. The van der Waals surface area contributed by atoms with E-state index >= 15 is 0 Å². The monoisotopic (exact) mass is 390 g/mol. The number of anilines is 2. The van der Waals surface area contributed by atoms with Gasteiger partial charge in [0.1, 0.15) is 0 Å². The van der Waals surface area contributed by atoms with Crippen LogP contribution in [0.25, 0.3) is 0 Å². The molecular weight excluding hydrogens is 385 g/mol. The van der Waals surface area contributed by atoms with Gasteiger partial charge in [-0.3, -0.25) is 0 Å². The van der Waals surface area contributed by atoms with Gasteiger partial charge in [0.15, 0.2) is 0 Å². The molecule has 0 aromatic heterocycles. The van der Waals surface area contributed by atoms with Crippen molar-refractivity contribution in [2.75, 3.05) is 11.5 Å². The van der Waals surface area contributed by atoms with E-state index in [1.807, 2.05) is 0 Å². The highest BCUT2D eigenvalue weighted by atomic mass is 35.5. The lowest BCUT2D eigenvalue weighted by atomic mass is 10.3. The lowest BCUT2D eigenvalue weighted by Crippen LogP contribution is -1.86. The third kappa shape index (κ3) is 4.96. The number of benzene rings is 2. The Morgan fingerprint density at radius 1 is 0.550 bits per heavy atom. The first-order valence-electron chi connectivity index (χ1n) is 5.02. The minimum Gasteiger partial charge on any atom is -0.397 e. The van der Waals surface area contributed by atoms with Gasteiger partial charge in [-0.15, -0.1) is 0 Å². The fraction of sp³-hybridized carbons (Fsp3) is 0. The Balaban J connectivity index is 0.000000200. The van der Waals surface area contributed by atoms with Gasteiger partial charge in [0.2, 0.25) is 0 Å². The molecule has 0 aliphatic rings. The Morgan fingerprint density at radius 3 is 1.45 bits per heavy atom. The van der Waals surface area contributed by atoms with Crippen LogP contribution in [0.1, 0.15) is 0 Å². The second-order valence-electron chi connectivity index (χ2n) is 3.57. The van der Waals surface area contributed by atoms with Crippen molar-refractivity contribution in [3.63, 3.8) is 0 Å². The summed E-state index contributed by atoms with van der Waals surface area (Å²) in [5.74, 6) is 0. The second-order valence-corrected chi connectivity index (χ2v) is 6.04. The summed E-state index contributed by atoms with van der Waals surface area (Å²) in [5, 5.41) is 2.53. The molecule has 2 aromatic rings. The molecule has 2 rings (SSSR count). The smallest absolute Gasteiger partial charge is 0.0693 e. The molecule has 0 fully saturated rings. The van der Waals surface area contributed by atoms with Crippen molar-refractivity contribution in [3.05, 3.63) is 54.4 Å². The van der Waals surface area contributed by atoms with Crippen LogP contribution < -0.4 is 11.5 Å². The summed E-state index contributed by atoms with van der Waals surface area (Å²) in [5.41, 5.74) is 11.7. The predicted molar refractivity (Wildman–Crippen MR) is 91.8 cm³/mol. The van der Waals surface area contributed by atoms with Crippen molar-refractivity contribution < 1.29 is 0 Å². The molecule has 0 aliphatic carbocycles. The molecule has 0 aliphatic heterocycles. The summed E-state index contributed by atoms with van der Waals surface area (Å²) in [7, 11) is 0. The summed E-state index contributed by atoms with van der Waals surface area (Å²) >= 11 is 33.7. The maximum atomic E-state index is 5.63. The summed E-state index contributed by atoms with van der Waals surface area (Å²) < 4.78 is 0. The van der Waals surface area contributed by atoms with Gasteiger partial charge in [-0.2, -0.15) is 0 Å². The average Bonchev–Trinajstić information content (AvgIpc) is 2.34. The topological polar surface area (TPSA) is 52.0 Å². The maximum Gasteiger partial charge on any atom is 0.0693 e. The Morgan fingerprint density at radius 2 is 1.00 bits per heavy atom. The molecule has 108 valence electrons. The van der Waals surface area contributed by atoms with Gasteiger partial charge in [-0.25, -0.2) is 0 Å². The molecule has 2 aromatic carbocycles. The molecule has 0 bridgehead atoms. The van der Waals surface area contributed by atoms with E-state index in [9.17, 15) is 0 Å². The Hall–Kier alpha value is -0.220. The van der Waals surface area contributed by atoms with Gasteiger partial charge in [-0.1, -0.05) is 69.6 Å². The summed E-state index contributed by atoms with van der Waals surface area (Å²) in [6.45, 7) is 0. The molecule has 0 saturated heterocycles. The van der Waals surface area contributed by atoms with Gasteiger partial charge in [0.25, 0.3) is 0 Å². The molecule has 0 spiro atoms. The van der Waals surface area contributed by atoms with Crippen LogP contribution in [0.5, 0.6) is 0 Å². The van der Waals surface area contributed by atoms with Crippen molar-refractivity contribution in [2.24, 2.45) is 0 Å². The van der Waals surface area contributed by atoms with Crippen LogP contribution in [0.4, 0.5) is 11.4 Å². The highest BCUT2D eigenvalue weighted by molar-refractivity contribution is 6.44. The van der Waals surface area contributed by atoms with Crippen LogP contribution in [-0.4, -0.2) is 0 Å². The molecule has 0 saturated carbocycles. The first kappa shape index (κ1) is 17.8.